The van der Waals surface area contributed by atoms with Gasteiger partial charge < -0.3 is 4.90 Å². The first-order valence-electron chi connectivity index (χ1n) is 9.36. The zero-order chi connectivity index (χ0) is 17.9. The average Bonchev–Trinajstić information content (AvgIpc) is 2.88. The smallest absolute Gasteiger partial charge is 0.227 e. The summed E-state index contributed by atoms with van der Waals surface area (Å²) in [5.41, 5.74) is 3.90. The van der Waals surface area contributed by atoms with Gasteiger partial charge in [0.1, 0.15) is 0 Å². The van der Waals surface area contributed by atoms with Gasteiger partial charge in [-0.1, -0.05) is 18.2 Å². The van der Waals surface area contributed by atoms with E-state index in [2.05, 4.69) is 18.2 Å². The molecule has 1 aromatic carbocycles. The highest BCUT2D eigenvalue weighted by molar-refractivity contribution is 7.89. The van der Waals surface area contributed by atoms with Crippen LogP contribution in [0.5, 0.6) is 0 Å². The Labute approximate surface area is 151 Å². The number of carbonyl (C=O) groups is 1. The van der Waals surface area contributed by atoms with Gasteiger partial charge in [0.25, 0.3) is 0 Å². The van der Waals surface area contributed by atoms with Crippen molar-refractivity contribution in [2.75, 3.05) is 31.9 Å². The number of hydrogen-bond donors (Lipinski definition) is 0. The number of sulfonamides is 1. The van der Waals surface area contributed by atoms with Gasteiger partial charge in [-0.3, -0.25) is 4.79 Å². The van der Waals surface area contributed by atoms with Crippen molar-refractivity contribution in [3.63, 3.8) is 0 Å². The summed E-state index contributed by atoms with van der Waals surface area (Å²) in [5.74, 6) is 0.224. The highest BCUT2D eigenvalue weighted by Crippen LogP contribution is 2.22. The minimum atomic E-state index is -3.17. The lowest BCUT2D eigenvalue weighted by Gasteiger charge is -2.22. The Bertz CT molecular complexity index is 730. The normalized spacial score (nSPS) is 19.3. The predicted molar refractivity (Wildman–Crippen MR) is 99.0 cm³/mol. The van der Waals surface area contributed by atoms with Crippen LogP contribution in [0.1, 0.15) is 42.9 Å². The first-order chi connectivity index (χ1) is 12.0. The number of benzene rings is 1. The van der Waals surface area contributed by atoms with E-state index in [0.29, 0.717) is 39.0 Å². The molecule has 3 rings (SSSR count). The number of carbonyl (C=O) groups excluding carboxylic acids is 1. The van der Waals surface area contributed by atoms with Crippen LogP contribution in [0.15, 0.2) is 18.2 Å². The minimum Gasteiger partial charge on any atom is -0.341 e. The van der Waals surface area contributed by atoms with Gasteiger partial charge in [0.05, 0.1) is 12.2 Å². The number of amides is 1. The predicted octanol–water partition coefficient (Wildman–Crippen LogP) is 1.99. The molecule has 1 amide bonds. The molecule has 0 atom stereocenters. The highest BCUT2D eigenvalue weighted by atomic mass is 32.2. The van der Waals surface area contributed by atoms with E-state index in [1.807, 2.05) is 4.90 Å². The highest BCUT2D eigenvalue weighted by Gasteiger charge is 2.25. The van der Waals surface area contributed by atoms with E-state index in [9.17, 15) is 13.2 Å². The van der Waals surface area contributed by atoms with Crippen molar-refractivity contribution in [3.05, 3.63) is 34.9 Å². The topological polar surface area (TPSA) is 57.7 Å². The first-order valence-corrected chi connectivity index (χ1v) is 11.0. The van der Waals surface area contributed by atoms with E-state index in [0.717, 1.165) is 18.4 Å². The fourth-order valence-corrected chi connectivity index (χ4v) is 4.92. The largest absolute Gasteiger partial charge is 0.341 e. The average molecular weight is 365 g/mol. The molecule has 0 aromatic heterocycles. The Balaban J connectivity index is 1.62. The third-order valence-corrected chi connectivity index (χ3v) is 7.22. The molecule has 6 heteroatoms. The monoisotopic (exact) mass is 364 g/mol. The van der Waals surface area contributed by atoms with Gasteiger partial charge in [-0.25, -0.2) is 12.7 Å². The summed E-state index contributed by atoms with van der Waals surface area (Å²) in [6.45, 7) is 3.71. The van der Waals surface area contributed by atoms with Crippen molar-refractivity contribution in [1.82, 2.24) is 9.21 Å². The SMILES string of the molecule is CCS(=O)(=O)N1CCCN(C(=O)Cc2ccc3c(c2)CCCC3)CC1. The molecule has 1 aromatic rings. The lowest BCUT2D eigenvalue weighted by molar-refractivity contribution is -0.130. The number of rotatable bonds is 4. The van der Waals surface area contributed by atoms with Crippen molar-refractivity contribution in [3.8, 4) is 0 Å². The summed E-state index contributed by atoms with van der Waals surface area (Å²) >= 11 is 0. The Morgan fingerprint density at radius 1 is 1.00 bits per heavy atom. The molecule has 1 fully saturated rings. The second kappa shape index (κ2) is 7.87. The van der Waals surface area contributed by atoms with E-state index in [1.165, 1.54) is 28.3 Å². The molecule has 2 aliphatic rings. The van der Waals surface area contributed by atoms with Gasteiger partial charge in [-0.2, -0.15) is 0 Å². The molecule has 138 valence electrons. The molecule has 0 N–H and O–H groups in total. The van der Waals surface area contributed by atoms with Crippen LogP contribution in [0.3, 0.4) is 0 Å². The van der Waals surface area contributed by atoms with E-state index in [4.69, 9.17) is 0 Å². The maximum Gasteiger partial charge on any atom is 0.227 e. The van der Waals surface area contributed by atoms with Crippen LogP contribution in [-0.2, 0) is 34.1 Å². The van der Waals surface area contributed by atoms with Crippen molar-refractivity contribution in [1.29, 1.82) is 0 Å². The van der Waals surface area contributed by atoms with Crippen LogP contribution >= 0.6 is 0 Å². The molecule has 0 unspecified atom stereocenters. The third-order valence-electron chi connectivity index (χ3n) is 5.33. The van der Waals surface area contributed by atoms with Crippen LogP contribution < -0.4 is 0 Å². The molecular weight excluding hydrogens is 336 g/mol. The Morgan fingerprint density at radius 3 is 2.52 bits per heavy atom. The number of hydrogen-bond acceptors (Lipinski definition) is 3. The lowest BCUT2D eigenvalue weighted by Crippen LogP contribution is -2.38. The van der Waals surface area contributed by atoms with Gasteiger partial charge in [0, 0.05) is 26.2 Å². The van der Waals surface area contributed by atoms with Crippen molar-refractivity contribution < 1.29 is 13.2 Å². The lowest BCUT2D eigenvalue weighted by atomic mass is 9.90. The van der Waals surface area contributed by atoms with E-state index < -0.39 is 10.0 Å². The molecule has 25 heavy (non-hydrogen) atoms. The molecule has 5 nitrogen and oxygen atoms in total. The number of aryl methyl sites for hydroxylation is 2. The summed E-state index contributed by atoms with van der Waals surface area (Å²) in [6, 6.07) is 6.45. The van der Waals surface area contributed by atoms with Gasteiger partial charge in [0.15, 0.2) is 0 Å². The Hall–Kier alpha value is -1.40. The van der Waals surface area contributed by atoms with Crippen LogP contribution in [0.25, 0.3) is 0 Å². The van der Waals surface area contributed by atoms with Crippen molar-refractivity contribution in [2.45, 2.75) is 45.4 Å². The molecule has 0 saturated carbocycles. The summed E-state index contributed by atoms with van der Waals surface area (Å²) in [6.07, 6.45) is 5.87. The maximum absolute atomic E-state index is 12.7. The van der Waals surface area contributed by atoms with Crippen molar-refractivity contribution in [2.24, 2.45) is 0 Å². The number of fused-ring (bicyclic) bond motifs is 1. The van der Waals surface area contributed by atoms with Crippen LogP contribution in [0.2, 0.25) is 0 Å². The second-order valence-corrected chi connectivity index (χ2v) is 9.28. The summed E-state index contributed by atoms with van der Waals surface area (Å²) < 4.78 is 25.6. The quantitative estimate of drug-likeness (QED) is 0.821. The molecule has 1 heterocycles. The van der Waals surface area contributed by atoms with Gasteiger partial charge in [0.2, 0.25) is 15.9 Å². The van der Waals surface area contributed by atoms with E-state index in [1.54, 1.807) is 6.92 Å². The molecule has 0 spiro atoms. The summed E-state index contributed by atoms with van der Waals surface area (Å²) in [7, 11) is -3.17. The van der Waals surface area contributed by atoms with Crippen LogP contribution in [0.4, 0.5) is 0 Å². The fraction of sp³-hybridized carbons (Fsp3) is 0.632. The Morgan fingerprint density at radius 2 is 1.76 bits per heavy atom. The molecule has 1 aliphatic carbocycles. The van der Waals surface area contributed by atoms with Gasteiger partial charge >= 0.3 is 0 Å². The summed E-state index contributed by atoms with van der Waals surface area (Å²) in [5, 5.41) is 0. The first kappa shape index (κ1) is 18.4. The fourth-order valence-electron chi connectivity index (χ4n) is 3.79. The second-order valence-electron chi connectivity index (χ2n) is 7.02. The van der Waals surface area contributed by atoms with E-state index in [-0.39, 0.29) is 11.7 Å². The zero-order valence-corrected chi connectivity index (χ0v) is 15.9. The van der Waals surface area contributed by atoms with Crippen molar-refractivity contribution >= 4 is 15.9 Å². The van der Waals surface area contributed by atoms with Gasteiger partial charge in [-0.15, -0.1) is 0 Å². The molecular formula is C19H28N2O3S. The Kier molecular flexibility index (Phi) is 5.79. The standard InChI is InChI=1S/C19H28N2O3S/c1-2-25(23,24)21-11-5-10-20(12-13-21)19(22)15-16-8-9-17-6-3-4-7-18(17)14-16/h8-9,14H,2-7,10-13,15H2,1H3. The van der Waals surface area contributed by atoms with E-state index >= 15 is 0 Å². The molecule has 0 radical (unpaired) electrons. The van der Waals surface area contributed by atoms with Gasteiger partial charge in [-0.05, 0) is 55.7 Å². The van der Waals surface area contributed by atoms with Crippen LogP contribution in [-0.4, -0.2) is 55.5 Å². The molecule has 1 saturated heterocycles. The number of nitrogens with zero attached hydrogens (tertiary/aromatic N) is 2. The zero-order valence-electron chi connectivity index (χ0n) is 15.0. The third kappa shape index (κ3) is 4.42. The summed E-state index contributed by atoms with van der Waals surface area (Å²) in [4.78, 5) is 14.5. The maximum atomic E-state index is 12.7. The van der Waals surface area contributed by atoms with Crippen LogP contribution in [0, 0.1) is 0 Å². The molecule has 1 aliphatic heterocycles. The minimum absolute atomic E-state index is 0.103. The molecule has 0 bridgehead atoms.